The lowest BCUT2D eigenvalue weighted by Gasteiger charge is -2.71. The number of hydrogen-bond acceptors (Lipinski definition) is 7. The zero-order valence-corrected chi connectivity index (χ0v) is 38.1. The molecule has 0 radical (unpaired) electrons. The van der Waals surface area contributed by atoms with Gasteiger partial charge in [-0.25, -0.2) is 4.79 Å². The molecule has 9 heterocycles. The molecule has 6 aliphatic carbocycles. The molecular formula is C57H67N3O4. The number of aryl methyl sites for hydroxylation is 2. The summed E-state index contributed by atoms with van der Waals surface area (Å²) in [7, 11) is 0. The Morgan fingerprint density at radius 3 is 2.64 bits per heavy atom. The maximum absolute atomic E-state index is 16.1. The molecule has 64 heavy (non-hydrogen) atoms. The van der Waals surface area contributed by atoms with Gasteiger partial charge < -0.3 is 20.1 Å². The predicted molar refractivity (Wildman–Crippen MR) is 247 cm³/mol. The third-order valence-corrected chi connectivity index (χ3v) is 20.4. The fraction of sp³-hybridized carbons (Fsp3) is 0.614. The summed E-state index contributed by atoms with van der Waals surface area (Å²) in [6, 6.07) is 17.0. The van der Waals surface area contributed by atoms with Gasteiger partial charge in [-0.3, -0.25) is 9.69 Å². The molecule has 17 rings (SSSR count). The smallest absolute Gasteiger partial charge is 0.339 e. The highest BCUT2D eigenvalue weighted by Crippen LogP contribution is 2.87. The van der Waals surface area contributed by atoms with Crippen molar-refractivity contribution in [2.45, 2.75) is 140 Å². The third-order valence-electron chi connectivity index (χ3n) is 20.4. The molecule has 2 saturated carbocycles. The monoisotopic (exact) mass is 858 g/mol. The van der Waals surface area contributed by atoms with Crippen LogP contribution in [0, 0.1) is 52.3 Å². The Balaban J connectivity index is 1.06. The Hall–Kier alpha value is -3.94. The number of esters is 2. The zero-order chi connectivity index (χ0) is 42.7. The van der Waals surface area contributed by atoms with Gasteiger partial charge in [0.15, 0.2) is 5.60 Å². The minimum absolute atomic E-state index is 0.0685. The van der Waals surface area contributed by atoms with Crippen molar-refractivity contribution in [3.63, 3.8) is 0 Å². The minimum atomic E-state index is -0.990. The number of carbonyl (C=O) groups is 2. The van der Waals surface area contributed by atoms with E-state index in [0.717, 1.165) is 86.7 Å². The molecule has 15 bridgehead atoms. The first-order valence-corrected chi connectivity index (χ1v) is 26.1. The van der Waals surface area contributed by atoms with Crippen LogP contribution in [0.1, 0.15) is 136 Å². The molecule has 5 fully saturated rings. The van der Waals surface area contributed by atoms with Gasteiger partial charge in [-0.05, 0) is 161 Å². The predicted octanol–water partition coefficient (Wildman–Crippen LogP) is 9.89. The van der Waals surface area contributed by atoms with E-state index in [0.29, 0.717) is 48.2 Å². The lowest BCUT2D eigenvalue weighted by Crippen LogP contribution is -2.77. The van der Waals surface area contributed by atoms with Crippen molar-refractivity contribution < 1.29 is 19.1 Å². The Bertz CT molecular complexity index is 2510. The van der Waals surface area contributed by atoms with Gasteiger partial charge in [0, 0.05) is 54.8 Å². The lowest BCUT2D eigenvalue weighted by molar-refractivity contribution is -0.275. The van der Waals surface area contributed by atoms with Gasteiger partial charge in [0.2, 0.25) is 0 Å². The van der Waals surface area contributed by atoms with Gasteiger partial charge in [0.05, 0.1) is 11.0 Å². The molecule has 7 nitrogen and oxygen atoms in total. The van der Waals surface area contributed by atoms with E-state index in [4.69, 9.17) is 15.2 Å². The Morgan fingerprint density at radius 1 is 0.891 bits per heavy atom. The number of piperidine rings is 2. The summed E-state index contributed by atoms with van der Waals surface area (Å²) < 4.78 is 14.5. The number of allylic oxidation sites excluding steroid dienone is 4. The van der Waals surface area contributed by atoms with E-state index in [1.165, 1.54) is 98.8 Å². The first-order valence-electron chi connectivity index (χ1n) is 26.1. The highest BCUT2D eigenvalue weighted by atomic mass is 16.6. The maximum atomic E-state index is 16.1. The van der Waals surface area contributed by atoms with Crippen molar-refractivity contribution in [1.29, 1.82) is 0 Å². The standard InChI is InChI=1S/C57H67N3O4/c1-33-25-39-18-19-46-41-28-36-30-59(32-41)45(37-12-3-4-13-37)20-21-48-55-23-22-42-44-29-40(49(33)51(42)52(39)60(46)31-36)27-35-11-6-10-34(26-35)9-2-5-17-47(56(44,55)54(62)63-48)57(55)43-16-7-14-38(15-8-24-58)50(43)53(61)64-57/h6-7,10-11,14,16,21,26,29,33,36-37,41,45-47,49,51H,2-5,8-9,12-13,15,17-20,22-25,27-28,30-32,58H2,1H3. The Morgan fingerprint density at radius 2 is 1.75 bits per heavy atom. The van der Waals surface area contributed by atoms with Crippen molar-refractivity contribution in [2.24, 2.45) is 58.0 Å². The second-order valence-electron chi connectivity index (χ2n) is 23.1. The van der Waals surface area contributed by atoms with Crippen molar-refractivity contribution in [1.82, 2.24) is 9.80 Å². The Labute approximate surface area is 379 Å². The summed E-state index contributed by atoms with van der Waals surface area (Å²) >= 11 is 0. The van der Waals surface area contributed by atoms with Gasteiger partial charge in [0.25, 0.3) is 0 Å². The van der Waals surface area contributed by atoms with Crippen LogP contribution in [0.3, 0.4) is 0 Å². The van der Waals surface area contributed by atoms with Gasteiger partial charge in [-0.15, -0.1) is 0 Å². The summed E-state index contributed by atoms with van der Waals surface area (Å²) in [5, 5.41) is 0. The molecule has 2 aromatic rings. The summed E-state index contributed by atoms with van der Waals surface area (Å²) in [6.45, 7) is 6.66. The number of ether oxygens (including phenoxy) is 2. The second kappa shape index (κ2) is 14.0. The molecule has 3 saturated heterocycles. The molecule has 2 aromatic carbocycles. The van der Waals surface area contributed by atoms with E-state index < -0.39 is 16.4 Å². The first kappa shape index (κ1) is 39.2. The summed E-state index contributed by atoms with van der Waals surface area (Å²) in [4.78, 5) is 37.1. The van der Waals surface area contributed by atoms with Crippen molar-refractivity contribution in [3.8, 4) is 0 Å². The third kappa shape index (κ3) is 4.87. The van der Waals surface area contributed by atoms with E-state index >= 15 is 4.79 Å². The maximum Gasteiger partial charge on any atom is 0.339 e. The SMILES string of the molecule is CC1CC2=C3C4C5=C6C=C(Cc7cccc(c7)CCCCC7C68C(=O)OC(=CCC(C6CCCC6)N6CC9CC(C6)C(CC2)N3C9)C8(CC5)C72OC(=O)c3c(CCCN)cccc32)C14. The fourth-order valence-electron chi connectivity index (χ4n) is 18.5. The van der Waals surface area contributed by atoms with Crippen LogP contribution in [-0.4, -0.2) is 60.0 Å². The molecule has 7 heteroatoms. The van der Waals surface area contributed by atoms with Gasteiger partial charge in [-0.1, -0.05) is 91.4 Å². The molecule has 12 unspecified atom stereocenters. The van der Waals surface area contributed by atoms with Crippen molar-refractivity contribution in [2.75, 3.05) is 26.2 Å². The number of benzene rings is 2. The summed E-state index contributed by atoms with van der Waals surface area (Å²) in [5.41, 5.74) is 16.7. The Kier molecular flexibility index (Phi) is 8.61. The van der Waals surface area contributed by atoms with Gasteiger partial charge >= 0.3 is 11.9 Å². The van der Waals surface area contributed by atoms with Gasteiger partial charge in [-0.2, -0.15) is 0 Å². The number of fused-ring (bicyclic) bond motifs is 6. The molecule has 12 atom stereocenters. The van der Waals surface area contributed by atoms with Crippen LogP contribution in [0.4, 0.5) is 0 Å². The summed E-state index contributed by atoms with van der Waals surface area (Å²) in [6.07, 6.45) is 24.1. The van der Waals surface area contributed by atoms with Crippen LogP contribution >= 0.6 is 0 Å². The first-order chi connectivity index (χ1) is 31.4. The van der Waals surface area contributed by atoms with Crippen LogP contribution in [-0.2, 0) is 39.1 Å². The highest BCUT2D eigenvalue weighted by Gasteiger charge is 2.92. The molecule has 2 N–H and O–H groups in total. The molecule has 15 aliphatic rings. The molecule has 334 valence electrons. The molecule has 3 spiro atoms. The molecule has 0 amide bonds. The lowest BCUT2D eigenvalue weighted by atomic mass is 9.29. The van der Waals surface area contributed by atoms with Crippen LogP contribution in [0.25, 0.3) is 0 Å². The fourth-order valence-corrected chi connectivity index (χ4v) is 18.5. The number of nitrogens with two attached hydrogens (primary N) is 1. The number of hydrogen-bond donors (Lipinski definition) is 1. The van der Waals surface area contributed by atoms with Crippen LogP contribution < -0.4 is 5.73 Å². The average Bonchev–Trinajstić information content (AvgIpc) is 4.00. The van der Waals surface area contributed by atoms with E-state index in [1.54, 1.807) is 11.3 Å². The minimum Gasteiger partial charge on any atom is -0.449 e. The van der Waals surface area contributed by atoms with Gasteiger partial charge in [0.1, 0.15) is 11.2 Å². The van der Waals surface area contributed by atoms with Crippen molar-refractivity contribution >= 4 is 11.9 Å². The summed E-state index contributed by atoms with van der Waals surface area (Å²) in [5.74, 6) is 3.50. The zero-order valence-electron chi connectivity index (χ0n) is 38.1. The van der Waals surface area contributed by atoms with E-state index in [2.05, 4.69) is 71.3 Å². The highest BCUT2D eigenvalue weighted by molar-refractivity contribution is 6.00. The van der Waals surface area contributed by atoms with E-state index in [9.17, 15) is 4.79 Å². The van der Waals surface area contributed by atoms with E-state index in [1.807, 2.05) is 0 Å². The van der Waals surface area contributed by atoms with Crippen LogP contribution in [0.2, 0.25) is 0 Å². The average molecular weight is 858 g/mol. The van der Waals surface area contributed by atoms with Crippen LogP contribution in [0.15, 0.2) is 88.4 Å². The molecular weight excluding hydrogens is 791 g/mol. The van der Waals surface area contributed by atoms with E-state index in [-0.39, 0.29) is 23.8 Å². The topological polar surface area (TPSA) is 85.1 Å². The van der Waals surface area contributed by atoms with Crippen LogP contribution in [0.5, 0.6) is 0 Å². The number of carbonyl (C=O) groups excluding carboxylic acids is 2. The number of nitrogens with zero attached hydrogens (tertiary/aromatic N) is 2. The normalized spacial score (nSPS) is 41.2. The molecule has 0 aromatic heterocycles. The van der Waals surface area contributed by atoms with Crippen molar-refractivity contribution in [3.05, 3.63) is 116 Å². The second-order valence-corrected chi connectivity index (χ2v) is 23.1. The number of rotatable bonds is 4. The molecule has 9 aliphatic heterocycles. The quantitative estimate of drug-likeness (QED) is 0.307. The largest absolute Gasteiger partial charge is 0.449 e.